The van der Waals surface area contributed by atoms with Crippen molar-refractivity contribution in [1.29, 1.82) is 0 Å². The molecule has 1 aliphatic carbocycles. The first-order valence-electron chi connectivity index (χ1n) is 11.3. The standard InChI is InChI=1S/C24H30N4O3S/c1-16(31-2)17-3-5-18(6-4-17)19-7-12-28(13-8-19)23-25-20-9-14-32(30)21(20)22(26-23)27-24(15-29)10-11-24/h3-6,19,29H,1,7-15H2,2H3,(H,25,26,27)/t32-/m0/s1. The lowest BCUT2D eigenvalue weighted by atomic mass is 9.89. The second-order valence-corrected chi connectivity index (χ2v) is 10.5. The number of aryl methyl sites for hydroxylation is 1. The predicted octanol–water partition coefficient (Wildman–Crippen LogP) is 3.08. The van der Waals surface area contributed by atoms with Gasteiger partial charge in [-0.3, -0.25) is 0 Å². The second-order valence-electron chi connectivity index (χ2n) is 9.02. The molecule has 0 bridgehead atoms. The highest BCUT2D eigenvalue weighted by Gasteiger charge is 2.45. The Kier molecular flexibility index (Phi) is 5.77. The zero-order chi connectivity index (χ0) is 22.3. The molecule has 3 heterocycles. The van der Waals surface area contributed by atoms with Crippen molar-refractivity contribution in [2.75, 3.05) is 42.8 Å². The maximum atomic E-state index is 12.6. The molecule has 5 rings (SSSR count). The van der Waals surface area contributed by atoms with Crippen LogP contribution in [0, 0.1) is 0 Å². The molecule has 8 heteroatoms. The summed E-state index contributed by atoms with van der Waals surface area (Å²) < 4.78 is 17.8. The van der Waals surface area contributed by atoms with Crippen molar-refractivity contribution in [3.05, 3.63) is 47.7 Å². The quantitative estimate of drug-likeness (QED) is 0.490. The summed E-state index contributed by atoms with van der Waals surface area (Å²) in [5.41, 5.74) is 2.93. The zero-order valence-electron chi connectivity index (χ0n) is 18.5. The van der Waals surface area contributed by atoms with E-state index in [1.54, 1.807) is 7.11 Å². The van der Waals surface area contributed by atoms with Crippen molar-refractivity contribution in [3.63, 3.8) is 0 Å². The van der Waals surface area contributed by atoms with Crippen LogP contribution in [-0.4, -0.2) is 57.7 Å². The van der Waals surface area contributed by atoms with Crippen LogP contribution >= 0.6 is 0 Å². The number of hydrogen-bond acceptors (Lipinski definition) is 7. The Morgan fingerprint density at radius 1 is 1.28 bits per heavy atom. The molecule has 32 heavy (non-hydrogen) atoms. The molecule has 170 valence electrons. The van der Waals surface area contributed by atoms with Crippen molar-refractivity contribution < 1.29 is 14.4 Å². The van der Waals surface area contributed by atoms with E-state index < -0.39 is 11.2 Å². The van der Waals surface area contributed by atoms with Gasteiger partial charge in [-0.05, 0) is 48.3 Å². The van der Waals surface area contributed by atoms with Gasteiger partial charge in [-0.25, -0.2) is 4.98 Å². The lowest BCUT2D eigenvalue weighted by molar-refractivity contribution is 0.265. The first-order chi connectivity index (χ1) is 15.5. The Hall–Kier alpha value is -2.29. The molecule has 7 nitrogen and oxygen atoms in total. The summed E-state index contributed by atoms with van der Waals surface area (Å²) in [6, 6.07) is 8.49. The number of hydrogen-bond donors (Lipinski definition) is 2. The molecule has 2 aromatic rings. The number of ether oxygens (including phenoxy) is 1. The van der Waals surface area contributed by atoms with Crippen molar-refractivity contribution in [2.45, 2.75) is 48.5 Å². The van der Waals surface area contributed by atoms with Crippen LogP contribution in [0.4, 0.5) is 11.8 Å². The summed E-state index contributed by atoms with van der Waals surface area (Å²) in [5.74, 6) is 3.15. The maximum Gasteiger partial charge on any atom is 0.227 e. The van der Waals surface area contributed by atoms with Gasteiger partial charge in [0.1, 0.15) is 17.2 Å². The third-order valence-electron chi connectivity index (χ3n) is 6.94. The van der Waals surface area contributed by atoms with Crippen molar-refractivity contribution in [1.82, 2.24) is 9.97 Å². The maximum absolute atomic E-state index is 12.6. The predicted molar refractivity (Wildman–Crippen MR) is 126 cm³/mol. The Balaban J connectivity index is 1.31. The van der Waals surface area contributed by atoms with E-state index in [1.807, 2.05) is 0 Å². The van der Waals surface area contributed by atoms with Gasteiger partial charge in [0, 0.05) is 25.1 Å². The Bertz CT molecular complexity index is 1000. The molecule has 2 aliphatic heterocycles. The van der Waals surface area contributed by atoms with Crippen LogP contribution in [0.15, 0.2) is 35.7 Å². The number of aliphatic hydroxyl groups is 1. The van der Waals surface area contributed by atoms with Crippen LogP contribution in [0.25, 0.3) is 5.76 Å². The number of piperidine rings is 1. The van der Waals surface area contributed by atoms with Crippen molar-refractivity contribution >= 4 is 28.7 Å². The fourth-order valence-electron chi connectivity index (χ4n) is 4.61. The summed E-state index contributed by atoms with van der Waals surface area (Å²) in [4.78, 5) is 12.6. The van der Waals surface area contributed by atoms with E-state index in [2.05, 4.69) is 41.1 Å². The molecule has 1 saturated carbocycles. The normalized spacial score (nSPS) is 21.8. The average Bonchev–Trinajstić information content (AvgIpc) is 3.51. The number of nitrogens with zero attached hydrogens (tertiary/aromatic N) is 3. The largest absolute Gasteiger partial charge is 0.611 e. The Morgan fingerprint density at radius 3 is 2.62 bits per heavy atom. The molecule has 1 atom stereocenters. The van der Waals surface area contributed by atoms with E-state index in [0.717, 1.165) is 54.9 Å². The van der Waals surface area contributed by atoms with E-state index >= 15 is 0 Å². The number of fused-ring (bicyclic) bond motifs is 1. The number of nitrogens with one attached hydrogen (secondary N) is 1. The minimum Gasteiger partial charge on any atom is -0.611 e. The molecule has 0 amide bonds. The van der Waals surface area contributed by atoms with Gasteiger partial charge in [-0.1, -0.05) is 30.8 Å². The number of benzene rings is 1. The third-order valence-corrected chi connectivity index (χ3v) is 8.40. The van der Waals surface area contributed by atoms with Crippen LogP contribution in [0.2, 0.25) is 0 Å². The fraction of sp³-hybridized carbons (Fsp3) is 0.500. The molecular weight excluding hydrogens is 424 g/mol. The monoisotopic (exact) mass is 454 g/mol. The van der Waals surface area contributed by atoms with Crippen molar-refractivity contribution in [2.24, 2.45) is 0 Å². The van der Waals surface area contributed by atoms with Gasteiger partial charge >= 0.3 is 0 Å². The second kappa shape index (κ2) is 8.57. The molecule has 0 unspecified atom stereocenters. The summed E-state index contributed by atoms with van der Waals surface area (Å²) in [7, 11) is 1.64. The number of rotatable bonds is 7. The van der Waals surface area contributed by atoms with Gasteiger partial charge < -0.3 is 24.6 Å². The van der Waals surface area contributed by atoms with Gasteiger partial charge in [-0.15, -0.1) is 0 Å². The summed E-state index contributed by atoms with van der Waals surface area (Å²) in [6.45, 7) is 5.74. The number of aliphatic hydroxyl groups excluding tert-OH is 1. The first kappa shape index (κ1) is 21.6. The molecule has 2 N–H and O–H groups in total. The molecule has 3 aliphatic rings. The van der Waals surface area contributed by atoms with E-state index in [-0.39, 0.29) is 12.1 Å². The van der Waals surface area contributed by atoms with Gasteiger partial charge in [0.25, 0.3) is 0 Å². The molecule has 2 fully saturated rings. The highest BCUT2D eigenvalue weighted by atomic mass is 32.2. The lowest BCUT2D eigenvalue weighted by Crippen LogP contribution is -2.35. The highest BCUT2D eigenvalue weighted by Crippen LogP contribution is 2.42. The zero-order valence-corrected chi connectivity index (χ0v) is 19.3. The fourth-order valence-corrected chi connectivity index (χ4v) is 5.91. The molecule has 1 aromatic heterocycles. The summed E-state index contributed by atoms with van der Waals surface area (Å²) in [5, 5.41) is 13.2. The lowest BCUT2D eigenvalue weighted by Gasteiger charge is -2.32. The first-order valence-corrected chi connectivity index (χ1v) is 12.6. The van der Waals surface area contributed by atoms with E-state index in [4.69, 9.17) is 14.7 Å². The molecule has 1 saturated heterocycles. The molecule has 0 radical (unpaired) electrons. The van der Waals surface area contributed by atoms with E-state index in [0.29, 0.717) is 35.6 Å². The summed E-state index contributed by atoms with van der Waals surface area (Å²) >= 11 is -1.07. The number of anilines is 2. The Morgan fingerprint density at radius 2 is 2.00 bits per heavy atom. The van der Waals surface area contributed by atoms with Gasteiger partial charge in [0.05, 0.1) is 19.3 Å². The van der Waals surface area contributed by atoms with Crippen LogP contribution in [0.1, 0.15) is 48.4 Å². The molecule has 1 aromatic carbocycles. The van der Waals surface area contributed by atoms with Crippen LogP contribution in [0.5, 0.6) is 0 Å². The van der Waals surface area contributed by atoms with Crippen LogP contribution < -0.4 is 10.2 Å². The average molecular weight is 455 g/mol. The van der Waals surface area contributed by atoms with Gasteiger partial charge in [0.15, 0.2) is 5.82 Å². The third kappa shape index (κ3) is 4.07. The number of aromatic nitrogens is 2. The highest BCUT2D eigenvalue weighted by molar-refractivity contribution is 7.91. The molecule has 0 spiro atoms. The van der Waals surface area contributed by atoms with Crippen LogP contribution in [0.3, 0.4) is 0 Å². The smallest absolute Gasteiger partial charge is 0.227 e. The SMILES string of the molecule is C=C(OC)c1ccc(C2CCN(c3nc4c(c(NC5(CO)CC5)n3)[S@@+]([O-])CC4)CC2)cc1. The van der Waals surface area contributed by atoms with E-state index in [1.165, 1.54) is 5.56 Å². The van der Waals surface area contributed by atoms with Crippen LogP contribution in [-0.2, 0) is 22.3 Å². The number of methoxy groups -OCH3 is 1. The Labute approximate surface area is 192 Å². The van der Waals surface area contributed by atoms with Crippen molar-refractivity contribution in [3.8, 4) is 0 Å². The minimum atomic E-state index is -1.07. The molecular formula is C24H30N4O3S. The summed E-state index contributed by atoms with van der Waals surface area (Å²) in [6.07, 6.45) is 4.59. The van der Waals surface area contributed by atoms with Gasteiger partial charge in [-0.2, -0.15) is 4.98 Å². The minimum absolute atomic E-state index is 0.0651. The van der Waals surface area contributed by atoms with E-state index in [9.17, 15) is 9.66 Å². The topological polar surface area (TPSA) is 93.6 Å². The van der Waals surface area contributed by atoms with Gasteiger partial charge in [0.2, 0.25) is 10.8 Å².